The van der Waals surface area contributed by atoms with E-state index in [1.165, 1.54) is 23.2 Å². The summed E-state index contributed by atoms with van der Waals surface area (Å²) in [5.41, 5.74) is -1.48. The lowest BCUT2D eigenvalue weighted by atomic mass is 10.1. The summed E-state index contributed by atoms with van der Waals surface area (Å²) in [5, 5.41) is 1.66. The topological polar surface area (TPSA) is 86.2 Å². The second-order valence-corrected chi connectivity index (χ2v) is 10.2. The number of anilines is 2. The van der Waals surface area contributed by atoms with Gasteiger partial charge >= 0.3 is 6.18 Å². The third kappa shape index (κ3) is 6.11. The van der Waals surface area contributed by atoms with Crippen LogP contribution in [0.4, 0.5) is 33.3 Å². The molecule has 0 aliphatic carbocycles. The van der Waals surface area contributed by atoms with E-state index < -0.39 is 51.2 Å². The van der Waals surface area contributed by atoms with Gasteiger partial charge in [0.1, 0.15) is 5.03 Å². The molecule has 0 saturated carbocycles. The van der Waals surface area contributed by atoms with Crippen LogP contribution in [0.3, 0.4) is 0 Å². The monoisotopic (exact) mass is 510 g/mol. The summed E-state index contributed by atoms with van der Waals surface area (Å²) in [5.74, 6) is -3.80. The summed E-state index contributed by atoms with van der Waals surface area (Å²) in [6.07, 6.45) is -3.40. The zero-order valence-electron chi connectivity index (χ0n) is 17.3. The minimum absolute atomic E-state index is 0.0279. The summed E-state index contributed by atoms with van der Waals surface area (Å²) in [6.45, 7) is -0.215. The summed E-state index contributed by atoms with van der Waals surface area (Å²) < 4.78 is 87.5. The summed E-state index contributed by atoms with van der Waals surface area (Å²) in [4.78, 5) is 18.1. The number of halogens is 6. The Morgan fingerprint density at radius 2 is 1.94 bits per heavy atom. The van der Waals surface area contributed by atoms with Gasteiger partial charge in [-0.1, -0.05) is 11.6 Å². The van der Waals surface area contributed by atoms with Crippen molar-refractivity contribution in [2.75, 3.05) is 29.6 Å². The van der Waals surface area contributed by atoms with E-state index in [4.69, 9.17) is 16.4 Å². The molecule has 3 rings (SSSR count). The standard InChI is InChI=1S/C20H20ClF5N4O2S/c1-33(27,32)17-9-12(3-6-28-17)29-18(31)13-10-15(21)14(20(24,25)26)11-16(13)30-7-2-4-19(22,23)5-8-30/h3,6,9-11,27H,2,4-5,7-8H2,1H3,(H,28,29,31)/t33-/m1/s1. The fourth-order valence-electron chi connectivity index (χ4n) is 3.43. The van der Waals surface area contributed by atoms with Gasteiger partial charge in [-0.3, -0.25) is 4.79 Å². The Kier molecular flexibility index (Phi) is 6.90. The molecule has 1 fully saturated rings. The van der Waals surface area contributed by atoms with E-state index >= 15 is 0 Å². The molecule has 33 heavy (non-hydrogen) atoms. The Morgan fingerprint density at radius 1 is 1.24 bits per heavy atom. The number of aromatic nitrogens is 1. The van der Waals surface area contributed by atoms with Crippen molar-refractivity contribution in [3.63, 3.8) is 0 Å². The van der Waals surface area contributed by atoms with Crippen LogP contribution in [0.25, 0.3) is 0 Å². The number of rotatable bonds is 4. The highest BCUT2D eigenvalue weighted by molar-refractivity contribution is 7.91. The van der Waals surface area contributed by atoms with E-state index in [1.54, 1.807) is 0 Å². The predicted octanol–water partition coefficient (Wildman–Crippen LogP) is 5.67. The van der Waals surface area contributed by atoms with E-state index in [1.807, 2.05) is 0 Å². The van der Waals surface area contributed by atoms with Gasteiger partial charge in [-0.2, -0.15) is 13.2 Å². The minimum Gasteiger partial charge on any atom is -0.371 e. The zero-order valence-corrected chi connectivity index (χ0v) is 18.9. The van der Waals surface area contributed by atoms with Crippen LogP contribution in [-0.2, 0) is 15.9 Å². The van der Waals surface area contributed by atoms with Crippen LogP contribution < -0.4 is 10.2 Å². The number of pyridine rings is 1. The van der Waals surface area contributed by atoms with E-state index in [2.05, 4.69) is 10.3 Å². The van der Waals surface area contributed by atoms with Gasteiger partial charge in [0, 0.05) is 44.1 Å². The van der Waals surface area contributed by atoms with Crippen LogP contribution >= 0.6 is 11.6 Å². The molecule has 1 aromatic heterocycles. The number of carbonyl (C=O) groups excluding carboxylic acids is 1. The predicted molar refractivity (Wildman–Crippen MR) is 115 cm³/mol. The molecule has 1 aliphatic rings. The van der Waals surface area contributed by atoms with E-state index in [0.29, 0.717) is 6.07 Å². The van der Waals surface area contributed by atoms with Crippen molar-refractivity contribution in [3.05, 3.63) is 46.6 Å². The Morgan fingerprint density at radius 3 is 2.58 bits per heavy atom. The molecule has 1 amide bonds. The molecule has 0 radical (unpaired) electrons. The van der Waals surface area contributed by atoms with Crippen molar-refractivity contribution in [1.29, 1.82) is 4.78 Å². The number of nitrogens with one attached hydrogen (secondary N) is 2. The van der Waals surface area contributed by atoms with Crippen LogP contribution in [0.1, 0.15) is 35.2 Å². The first kappa shape index (κ1) is 25.2. The molecule has 0 bridgehead atoms. The lowest BCUT2D eigenvalue weighted by molar-refractivity contribution is -0.137. The van der Waals surface area contributed by atoms with Gasteiger partial charge < -0.3 is 10.2 Å². The fraction of sp³-hybridized carbons (Fsp3) is 0.400. The zero-order chi connectivity index (χ0) is 24.6. The maximum Gasteiger partial charge on any atom is 0.417 e. The van der Waals surface area contributed by atoms with E-state index in [9.17, 15) is 31.0 Å². The summed E-state index contributed by atoms with van der Waals surface area (Å²) in [6, 6.07) is 4.12. The fourth-order valence-corrected chi connectivity index (χ4v) is 4.31. The number of carbonyl (C=O) groups is 1. The summed E-state index contributed by atoms with van der Waals surface area (Å²) in [7, 11) is -3.18. The van der Waals surface area contributed by atoms with Gasteiger partial charge in [-0.05, 0) is 30.7 Å². The molecule has 1 aliphatic heterocycles. The highest BCUT2D eigenvalue weighted by atomic mass is 35.5. The highest BCUT2D eigenvalue weighted by Crippen LogP contribution is 2.40. The number of alkyl halides is 5. The molecule has 1 saturated heterocycles. The van der Waals surface area contributed by atoms with Gasteiger partial charge in [0.15, 0.2) is 0 Å². The average Bonchev–Trinajstić information content (AvgIpc) is 2.87. The number of hydrogen-bond donors (Lipinski definition) is 2. The number of hydrogen-bond acceptors (Lipinski definition) is 5. The maximum atomic E-state index is 13.8. The van der Waals surface area contributed by atoms with Crippen LogP contribution in [0.15, 0.2) is 35.5 Å². The van der Waals surface area contributed by atoms with Crippen LogP contribution in [-0.4, -0.2) is 40.4 Å². The average molecular weight is 511 g/mol. The molecule has 180 valence electrons. The SMILES string of the molecule is C[S@@](=N)(=O)c1cc(NC(=O)c2cc(Cl)c(C(F)(F)F)cc2N2CCCC(F)(F)CC2)ccn1. The number of nitrogens with zero attached hydrogens (tertiary/aromatic N) is 2. The molecule has 6 nitrogen and oxygen atoms in total. The Bertz CT molecular complexity index is 1170. The maximum absolute atomic E-state index is 13.8. The normalized spacial score (nSPS) is 18.3. The quantitative estimate of drug-likeness (QED) is 0.519. The molecule has 2 N–H and O–H groups in total. The van der Waals surface area contributed by atoms with Crippen molar-refractivity contribution < 1.29 is 31.0 Å². The minimum atomic E-state index is -4.81. The second kappa shape index (κ2) is 9.05. The molecule has 1 aromatic carbocycles. The molecule has 1 atom stereocenters. The first-order valence-corrected chi connectivity index (χ1v) is 12.1. The Labute approximate surface area is 192 Å². The Balaban J connectivity index is 2.03. The lowest BCUT2D eigenvalue weighted by Crippen LogP contribution is -2.29. The van der Waals surface area contributed by atoms with E-state index in [0.717, 1.165) is 12.3 Å². The van der Waals surface area contributed by atoms with Gasteiger partial charge in [-0.25, -0.2) is 22.8 Å². The highest BCUT2D eigenvalue weighted by Gasteiger charge is 2.37. The van der Waals surface area contributed by atoms with Crippen molar-refractivity contribution in [3.8, 4) is 0 Å². The summed E-state index contributed by atoms with van der Waals surface area (Å²) >= 11 is 5.82. The second-order valence-electron chi connectivity index (χ2n) is 7.72. The molecule has 2 heterocycles. The third-order valence-corrected chi connectivity index (χ3v) is 6.42. The van der Waals surface area contributed by atoms with Crippen molar-refractivity contribution in [2.45, 2.75) is 36.4 Å². The molecule has 0 unspecified atom stereocenters. The molecule has 2 aromatic rings. The third-order valence-electron chi connectivity index (χ3n) is 5.09. The smallest absolute Gasteiger partial charge is 0.371 e. The first-order chi connectivity index (χ1) is 15.2. The van der Waals surface area contributed by atoms with Crippen molar-refractivity contribution in [1.82, 2.24) is 4.98 Å². The largest absolute Gasteiger partial charge is 0.417 e. The van der Waals surface area contributed by atoms with Gasteiger partial charge in [0.25, 0.3) is 5.91 Å². The van der Waals surface area contributed by atoms with E-state index in [-0.39, 0.29) is 41.5 Å². The van der Waals surface area contributed by atoms with Gasteiger partial charge in [0.05, 0.1) is 31.6 Å². The van der Waals surface area contributed by atoms with Crippen molar-refractivity contribution >= 4 is 38.6 Å². The van der Waals surface area contributed by atoms with Crippen LogP contribution in [0.2, 0.25) is 5.02 Å². The van der Waals surface area contributed by atoms with Gasteiger partial charge in [-0.15, -0.1) is 0 Å². The first-order valence-electron chi connectivity index (χ1n) is 9.72. The molecular weight excluding hydrogens is 491 g/mol. The Hall–Kier alpha value is -2.47. The molecular formula is C20H20ClF5N4O2S. The lowest BCUT2D eigenvalue weighted by Gasteiger charge is -2.27. The number of amides is 1. The number of benzene rings is 1. The van der Waals surface area contributed by atoms with Crippen molar-refractivity contribution in [2.24, 2.45) is 0 Å². The van der Waals surface area contributed by atoms with Crippen LogP contribution in [0, 0.1) is 4.78 Å². The van der Waals surface area contributed by atoms with Gasteiger partial charge in [0.2, 0.25) is 5.92 Å². The van der Waals surface area contributed by atoms with Crippen LogP contribution in [0.5, 0.6) is 0 Å². The molecule has 0 spiro atoms. The molecule has 13 heteroatoms.